The van der Waals surface area contributed by atoms with Crippen LogP contribution in [0.15, 0.2) is 200 Å². The summed E-state index contributed by atoms with van der Waals surface area (Å²) in [7, 11) is 0. The topological polar surface area (TPSA) is 48.5 Å². The van der Waals surface area contributed by atoms with Gasteiger partial charge >= 0.3 is 0 Å². The van der Waals surface area contributed by atoms with E-state index < -0.39 is 0 Å². The molecule has 292 valence electrons. The van der Waals surface area contributed by atoms with Crippen molar-refractivity contribution in [1.29, 1.82) is 0 Å². The molecule has 0 saturated carbocycles. The predicted molar refractivity (Wildman–Crippen MR) is 265 cm³/mol. The maximum absolute atomic E-state index is 5.51. The lowest BCUT2D eigenvalue weighted by Gasteiger charge is -2.15. The molecule has 4 heterocycles. The average Bonchev–Trinajstić information content (AvgIpc) is 4.02. The van der Waals surface area contributed by atoms with Gasteiger partial charge in [-0.05, 0) is 68.7 Å². The molecule has 14 rings (SSSR count). The van der Waals surface area contributed by atoms with E-state index in [1.807, 2.05) is 18.2 Å². The molecule has 0 saturated heterocycles. The zero-order valence-corrected chi connectivity index (χ0v) is 34.5. The molecule has 10 aromatic carbocycles. The van der Waals surface area contributed by atoms with Gasteiger partial charge in [0.2, 0.25) is 5.95 Å². The number of thiophene rings is 1. The molecule has 5 nitrogen and oxygen atoms in total. The summed E-state index contributed by atoms with van der Waals surface area (Å²) in [6.45, 7) is 0. The van der Waals surface area contributed by atoms with Gasteiger partial charge in [0.15, 0.2) is 11.6 Å². The summed E-state index contributed by atoms with van der Waals surface area (Å²) in [4.78, 5) is 16.2. The molecule has 0 unspecified atom stereocenters. The molecule has 0 N–H and O–H groups in total. The van der Waals surface area contributed by atoms with Crippen LogP contribution in [0, 0.1) is 0 Å². The first-order chi connectivity index (χ1) is 31.3. The Bertz CT molecular complexity index is 4180. The van der Waals surface area contributed by atoms with Crippen LogP contribution in [0.1, 0.15) is 0 Å². The van der Waals surface area contributed by atoms with E-state index in [0.29, 0.717) is 17.6 Å². The van der Waals surface area contributed by atoms with E-state index in [0.717, 1.165) is 60.4 Å². The van der Waals surface area contributed by atoms with Crippen molar-refractivity contribution in [3.8, 4) is 34.4 Å². The van der Waals surface area contributed by atoms with Gasteiger partial charge in [-0.3, -0.25) is 4.57 Å². The van der Waals surface area contributed by atoms with Crippen LogP contribution < -0.4 is 0 Å². The second-order valence-electron chi connectivity index (χ2n) is 16.3. The van der Waals surface area contributed by atoms with E-state index in [1.165, 1.54) is 52.5 Å². The van der Waals surface area contributed by atoms with Crippen LogP contribution >= 0.6 is 11.3 Å². The first-order valence-electron chi connectivity index (χ1n) is 21.3. The zero-order valence-electron chi connectivity index (χ0n) is 33.7. The number of hydrogen-bond donors (Lipinski definition) is 0. The monoisotopic (exact) mass is 819 g/mol. The van der Waals surface area contributed by atoms with Crippen molar-refractivity contribution in [1.82, 2.24) is 24.1 Å². The predicted octanol–water partition coefficient (Wildman–Crippen LogP) is 15.2. The Morgan fingerprint density at radius 2 is 0.841 bits per heavy atom. The largest absolute Gasteiger partial charge is 0.307 e. The quantitative estimate of drug-likeness (QED) is 0.166. The molecule has 0 aliphatic heterocycles. The molecule has 0 amide bonds. The molecule has 4 aromatic heterocycles. The van der Waals surface area contributed by atoms with Gasteiger partial charge < -0.3 is 4.57 Å². The Morgan fingerprint density at radius 3 is 1.54 bits per heavy atom. The third kappa shape index (κ3) is 4.95. The molecule has 0 aliphatic rings. The highest BCUT2D eigenvalue weighted by molar-refractivity contribution is 7.25. The highest BCUT2D eigenvalue weighted by Gasteiger charge is 2.24. The number of aromatic nitrogens is 5. The number of para-hydroxylation sites is 2. The summed E-state index contributed by atoms with van der Waals surface area (Å²) in [5.74, 6) is 1.83. The van der Waals surface area contributed by atoms with Crippen molar-refractivity contribution in [2.75, 3.05) is 0 Å². The molecule has 0 radical (unpaired) electrons. The van der Waals surface area contributed by atoms with Crippen molar-refractivity contribution in [3.63, 3.8) is 0 Å². The Kier molecular flexibility index (Phi) is 7.21. The van der Waals surface area contributed by atoms with Gasteiger partial charge in [-0.2, -0.15) is 9.97 Å². The van der Waals surface area contributed by atoms with Crippen molar-refractivity contribution >= 4 is 107 Å². The smallest absolute Gasteiger partial charge is 0.238 e. The standard InChI is InChI=1S/C57H33N5S/c1-2-15-34(16-3-1)55-58-56(46-24-14-28-51-52(46)45-23-10-13-27-50(45)63-51)60-57(59-55)62-49-26-12-9-22-42(49)44-32-31-43-41-21-8-11-25-48(41)61(53(43)54(44)62)35-29-30-40-38-19-5-4-17-36(38)37-18-6-7-20-39(37)47(40)33-35/h1-33H. The van der Waals surface area contributed by atoms with Crippen LogP contribution in [0.3, 0.4) is 0 Å². The van der Waals surface area contributed by atoms with Gasteiger partial charge in [0, 0.05) is 58.5 Å². The van der Waals surface area contributed by atoms with E-state index >= 15 is 0 Å². The van der Waals surface area contributed by atoms with Crippen LogP contribution in [0.4, 0.5) is 0 Å². The molecule has 14 aromatic rings. The normalized spacial score (nSPS) is 12.1. The molecule has 6 heteroatoms. The fraction of sp³-hybridized carbons (Fsp3) is 0. The Morgan fingerprint density at radius 1 is 0.333 bits per heavy atom. The lowest BCUT2D eigenvalue weighted by atomic mass is 9.94. The lowest BCUT2D eigenvalue weighted by molar-refractivity contribution is 0.954. The fourth-order valence-electron chi connectivity index (χ4n) is 10.3. The molecular weight excluding hydrogens is 787 g/mol. The fourth-order valence-corrected chi connectivity index (χ4v) is 11.4. The van der Waals surface area contributed by atoms with Gasteiger partial charge in [-0.25, -0.2) is 4.98 Å². The minimum Gasteiger partial charge on any atom is -0.307 e. The third-order valence-corrected chi connectivity index (χ3v) is 14.1. The maximum atomic E-state index is 5.51. The summed E-state index contributed by atoms with van der Waals surface area (Å²) < 4.78 is 7.20. The molecular formula is C57H33N5S. The van der Waals surface area contributed by atoms with Crippen LogP contribution in [0.2, 0.25) is 0 Å². The number of rotatable bonds is 4. The lowest BCUT2D eigenvalue weighted by Crippen LogP contribution is -2.07. The van der Waals surface area contributed by atoms with E-state index in [4.69, 9.17) is 15.0 Å². The number of nitrogens with zero attached hydrogens (tertiary/aromatic N) is 5. The van der Waals surface area contributed by atoms with Gasteiger partial charge in [-0.1, -0.05) is 164 Å². The highest BCUT2D eigenvalue weighted by Crippen LogP contribution is 2.44. The number of benzene rings is 10. The van der Waals surface area contributed by atoms with Crippen LogP contribution in [-0.4, -0.2) is 24.1 Å². The SMILES string of the molecule is c1ccc(-c2nc(-c3cccc4sc5ccccc5c34)nc(-n3c4ccccc4c4ccc5c6ccccc6n(-c6ccc7c8ccccc8c8ccccc8c7c6)c5c43)n2)cc1. The van der Waals surface area contributed by atoms with E-state index in [-0.39, 0.29) is 0 Å². The molecule has 63 heavy (non-hydrogen) atoms. The van der Waals surface area contributed by atoms with E-state index in [1.54, 1.807) is 11.3 Å². The Balaban J connectivity index is 1.13. The number of hydrogen-bond acceptors (Lipinski definition) is 4. The minimum absolute atomic E-state index is 0.571. The molecule has 0 spiro atoms. The van der Waals surface area contributed by atoms with Crippen molar-refractivity contribution in [3.05, 3.63) is 200 Å². The second-order valence-corrected chi connectivity index (χ2v) is 17.4. The number of fused-ring (bicyclic) bond motifs is 16. The first kappa shape index (κ1) is 34.5. The van der Waals surface area contributed by atoms with Gasteiger partial charge in [-0.15, -0.1) is 11.3 Å². The van der Waals surface area contributed by atoms with Crippen molar-refractivity contribution < 1.29 is 0 Å². The summed E-state index contributed by atoms with van der Waals surface area (Å²) in [6, 6.07) is 72.0. The second kappa shape index (κ2) is 13.2. The van der Waals surface area contributed by atoms with E-state index in [2.05, 4.69) is 191 Å². The maximum Gasteiger partial charge on any atom is 0.238 e. The van der Waals surface area contributed by atoms with Crippen molar-refractivity contribution in [2.24, 2.45) is 0 Å². The molecule has 0 bridgehead atoms. The van der Waals surface area contributed by atoms with Gasteiger partial charge in [0.05, 0.1) is 22.1 Å². The Hall–Kier alpha value is -8.19. The highest BCUT2D eigenvalue weighted by atomic mass is 32.1. The Labute approximate surface area is 364 Å². The van der Waals surface area contributed by atoms with E-state index in [9.17, 15) is 0 Å². The molecule has 0 aliphatic carbocycles. The molecule has 0 atom stereocenters. The zero-order chi connectivity index (χ0) is 41.2. The third-order valence-electron chi connectivity index (χ3n) is 13.0. The van der Waals surface area contributed by atoms with Crippen LogP contribution in [0.25, 0.3) is 131 Å². The molecule has 0 fully saturated rings. The van der Waals surface area contributed by atoms with Gasteiger partial charge in [0.1, 0.15) is 0 Å². The first-order valence-corrected chi connectivity index (χ1v) is 22.1. The summed E-state index contributed by atoms with van der Waals surface area (Å²) in [5.41, 5.74) is 7.33. The summed E-state index contributed by atoms with van der Waals surface area (Å²) in [5, 5.41) is 14.5. The minimum atomic E-state index is 0.571. The van der Waals surface area contributed by atoms with Crippen LogP contribution in [-0.2, 0) is 0 Å². The van der Waals surface area contributed by atoms with Crippen molar-refractivity contribution in [2.45, 2.75) is 0 Å². The summed E-state index contributed by atoms with van der Waals surface area (Å²) >= 11 is 1.80. The van der Waals surface area contributed by atoms with Crippen LogP contribution in [0.5, 0.6) is 0 Å². The van der Waals surface area contributed by atoms with Gasteiger partial charge in [0.25, 0.3) is 0 Å². The summed E-state index contributed by atoms with van der Waals surface area (Å²) in [6.07, 6.45) is 0. The average molecular weight is 820 g/mol.